The molecule has 4 heterocycles. The molecule has 0 aromatic rings. The van der Waals surface area contributed by atoms with Gasteiger partial charge >= 0.3 is 0 Å². The summed E-state index contributed by atoms with van der Waals surface area (Å²) < 4.78 is 6.46. The number of ether oxygens (including phenoxy) is 1. The van der Waals surface area contributed by atoms with Crippen molar-refractivity contribution < 1.29 is 14.9 Å². The van der Waals surface area contributed by atoms with E-state index in [2.05, 4.69) is 40.0 Å². The lowest BCUT2D eigenvalue weighted by atomic mass is 9.85. The molecule has 0 aromatic carbocycles. The molecule has 5 rings (SSSR count). The summed E-state index contributed by atoms with van der Waals surface area (Å²) in [5, 5.41) is 6.29. The van der Waals surface area contributed by atoms with E-state index in [1.165, 1.54) is 64.3 Å². The number of hydroxylamine groups is 1. The molecule has 0 radical (unpaired) electrons. The normalized spacial score (nSPS) is 46.4. The number of nitrogens with zero attached hydrogens (tertiary/aromatic N) is 2. The smallest absolute Gasteiger partial charge is 0.146 e. The van der Waals surface area contributed by atoms with Gasteiger partial charge in [0.1, 0.15) is 12.4 Å². The average molecular weight is 409 g/mol. The summed E-state index contributed by atoms with van der Waals surface area (Å²) in [5.74, 6) is 1.46. The number of likely N-dealkylation sites (tertiary alicyclic amines) is 1. The lowest BCUT2D eigenvalue weighted by Crippen LogP contribution is -2.96. The Balaban J connectivity index is 1.11. The van der Waals surface area contributed by atoms with Crippen molar-refractivity contribution in [3.63, 3.8) is 0 Å². The molecular weight excluding hydrogens is 366 g/mol. The summed E-state index contributed by atoms with van der Waals surface area (Å²) in [6, 6.07) is 0.473. The molecule has 7 nitrogen and oxygen atoms in total. The van der Waals surface area contributed by atoms with Crippen molar-refractivity contribution in [1.82, 2.24) is 20.6 Å². The van der Waals surface area contributed by atoms with E-state index in [1.807, 2.05) is 0 Å². The second-order valence-electron chi connectivity index (χ2n) is 10.4. The molecule has 29 heavy (non-hydrogen) atoms. The lowest BCUT2D eigenvalue weighted by Gasteiger charge is -2.33. The van der Waals surface area contributed by atoms with Gasteiger partial charge in [0, 0.05) is 18.9 Å². The molecule has 166 valence electrons. The van der Waals surface area contributed by atoms with Crippen molar-refractivity contribution in [1.29, 1.82) is 0 Å². The molecule has 8 unspecified atom stereocenters. The van der Waals surface area contributed by atoms with Crippen LogP contribution in [0.2, 0.25) is 0 Å². The summed E-state index contributed by atoms with van der Waals surface area (Å²) in [6.45, 7) is 3.44. The van der Waals surface area contributed by atoms with E-state index >= 15 is 0 Å². The molecule has 0 aromatic heterocycles. The molecule has 0 amide bonds. The first-order valence-corrected chi connectivity index (χ1v) is 12.2. The van der Waals surface area contributed by atoms with Crippen LogP contribution in [0.4, 0.5) is 0 Å². The van der Waals surface area contributed by atoms with Gasteiger partial charge in [-0.05, 0) is 65.1 Å². The first kappa shape index (κ1) is 20.6. The van der Waals surface area contributed by atoms with Crippen LogP contribution in [0.15, 0.2) is 0 Å². The van der Waals surface area contributed by atoms with Crippen LogP contribution in [0.1, 0.15) is 57.8 Å². The van der Waals surface area contributed by atoms with Crippen LogP contribution in [0.3, 0.4) is 0 Å². The van der Waals surface area contributed by atoms with Gasteiger partial charge in [0.05, 0.1) is 31.0 Å². The van der Waals surface area contributed by atoms with E-state index < -0.39 is 0 Å². The Bertz CT molecular complexity index is 527. The fourth-order valence-electron chi connectivity index (χ4n) is 6.60. The predicted molar refractivity (Wildman–Crippen MR) is 112 cm³/mol. The minimum absolute atomic E-state index is 0.109. The van der Waals surface area contributed by atoms with E-state index in [4.69, 9.17) is 9.57 Å². The quantitative estimate of drug-likeness (QED) is 0.613. The number of fused-ring (bicyclic) bond motifs is 1. The maximum atomic E-state index is 6.46. The molecular formula is C22H42N5O2+. The van der Waals surface area contributed by atoms with Gasteiger partial charge in [0.15, 0.2) is 0 Å². The highest BCUT2D eigenvalue weighted by atomic mass is 16.7. The van der Waals surface area contributed by atoms with Gasteiger partial charge in [-0.15, -0.1) is 0 Å². The van der Waals surface area contributed by atoms with Gasteiger partial charge in [-0.25, -0.2) is 0 Å². The van der Waals surface area contributed by atoms with E-state index in [0.29, 0.717) is 30.3 Å². The number of hydrogen-bond donors (Lipinski definition) is 3. The Morgan fingerprint density at radius 3 is 2.72 bits per heavy atom. The zero-order valence-corrected chi connectivity index (χ0v) is 18.4. The molecule has 0 bridgehead atoms. The third kappa shape index (κ3) is 4.52. The summed E-state index contributed by atoms with van der Waals surface area (Å²) in [5.41, 5.74) is 3.35. The highest BCUT2D eigenvalue weighted by Gasteiger charge is 2.43. The minimum atomic E-state index is 0.109. The maximum Gasteiger partial charge on any atom is 0.146 e. The van der Waals surface area contributed by atoms with Crippen LogP contribution in [0.5, 0.6) is 0 Å². The SMILES string of the molecule is CN(C)C1CCC(C2NOC(C3CCCN3CC3CC4CCCCC4O3)N2)C[NH2+]1. The fraction of sp³-hybridized carbons (Fsp3) is 1.00. The molecule has 1 saturated carbocycles. The van der Waals surface area contributed by atoms with Crippen LogP contribution in [-0.4, -0.2) is 80.3 Å². The van der Waals surface area contributed by atoms with Crippen molar-refractivity contribution >= 4 is 0 Å². The molecule has 4 N–H and O–H groups in total. The number of piperidine rings is 1. The van der Waals surface area contributed by atoms with E-state index in [-0.39, 0.29) is 12.4 Å². The number of nitrogens with two attached hydrogens (primary N) is 1. The van der Waals surface area contributed by atoms with Gasteiger partial charge in [0.25, 0.3) is 0 Å². The third-order valence-corrected chi connectivity index (χ3v) is 8.32. The fourth-order valence-corrected chi connectivity index (χ4v) is 6.60. The largest absolute Gasteiger partial charge is 0.373 e. The summed E-state index contributed by atoms with van der Waals surface area (Å²) in [4.78, 5) is 11.1. The number of hydrogen-bond acceptors (Lipinski definition) is 6. The molecule has 1 aliphatic carbocycles. The van der Waals surface area contributed by atoms with Crippen molar-refractivity contribution in [2.24, 2.45) is 11.8 Å². The Hall–Kier alpha value is -0.280. The molecule has 4 saturated heterocycles. The van der Waals surface area contributed by atoms with Crippen molar-refractivity contribution in [3.8, 4) is 0 Å². The summed E-state index contributed by atoms with van der Waals surface area (Å²) >= 11 is 0. The van der Waals surface area contributed by atoms with E-state index in [0.717, 1.165) is 19.0 Å². The first-order chi connectivity index (χ1) is 14.2. The first-order valence-electron chi connectivity index (χ1n) is 12.2. The minimum Gasteiger partial charge on any atom is -0.373 e. The number of nitrogens with one attached hydrogen (secondary N) is 2. The van der Waals surface area contributed by atoms with Gasteiger partial charge in [0.2, 0.25) is 0 Å². The van der Waals surface area contributed by atoms with E-state index in [9.17, 15) is 0 Å². The topological polar surface area (TPSA) is 65.6 Å². The van der Waals surface area contributed by atoms with Crippen LogP contribution in [0.25, 0.3) is 0 Å². The van der Waals surface area contributed by atoms with Crippen LogP contribution in [0, 0.1) is 11.8 Å². The monoisotopic (exact) mass is 408 g/mol. The third-order valence-electron chi connectivity index (χ3n) is 8.32. The van der Waals surface area contributed by atoms with Crippen molar-refractivity contribution in [2.75, 3.05) is 33.7 Å². The molecule has 0 spiro atoms. The standard InChI is InChI=1S/C22H41N5O2/c1-26(2)20-10-9-16(13-23-20)21-24-22(29-25-21)18-7-5-11-27(18)14-17-12-15-6-3-4-8-19(15)28-17/h15-25H,3-14H2,1-2H3/p+1. The summed E-state index contributed by atoms with van der Waals surface area (Å²) in [7, 11) is 4.37. The Morgan fingerprint density at radius 1 is 1.03 bits per heavy atom. The zero-order valence-electron chi connectivity index (χ0n) is 18.4. The highest BCUT2D eigenvalue weighted by molar-refractivity contribution is 4.93. The lowest BCUT2D eigenvalue weighted by molar-refractivity contribution is -0.721. The molecule has 7 heteroatoms. The number of quaternary nitrogens is 1. The second-order valence-corrected chi connectivity index (χ2v) is 10.4. The predicted octanol–water partition coefficient (Wildman–Crippen LogP) is 0.436. The van der Waals surface area contributed by atoms with Gasteiger partial charge in [-0.3, -0.25) is 20.0 Å². The van der Waals surface area contributed by atoms with Gasteiger partial charge < -0.3 is 10.1 Å². The van der Waals surface area contributed by atoms with Crippen molar-refractivity contribution in [3.05, 3.63) is 0 Å². The van der Waals surface area contributed by atoms with Gasteiger partial charge in [-0.1, -0.05) is 12.8 Å². The molecule has 8 atom stereocenters. The second kappa shape index (κ2) is 9.07. The molecule has 4 aliphatic heterocycles. The zero-order chi connectivity index (χ0) is 19.8. The van der Waals surface area contributed by atoms with Crippen LogP contribution in [-0.2, 0) is 9.57 Å². The molecule has 5 aliphatic rings. The Kier molecular flexibility index (Phi) is 6.44. The van der Waals surface area contributed by atoms with Gasteiger partial charge in [-0.2, -0.15) is 5.48 Å². The molecule has 5 fully saturated rings. The van der Waals surface area contributed by atoms with Crippen LogP contribution >= 0.6 is 0 Å². The van der Waals surface area contributed by atoms with E-state index in [1.54, 1.807) is 0 Å². The van der Waals surface area contributed by atoms with Crippen LogP contribution < -0.4 is 16.1 Å². The maximum absolute atomic E-state index is 6.46. The number of rotatable bonds is 5. The Morgan fingerprint density at radius 2 is 1.93 bits per heavy atom. The summed E-state index contributed by atoms with van der Waals surface area (Å²) in [6.07, 6.45) is 13.7. The average Bonchev–Trinajstić information content (AvgIpc) is 3.47. The highest BCUT2D eigenvalue weighted by Crippen LogP contribution is 2.38. The van der Waals surface area contributed by atoms with Crippen molar-refractivity contribution in [2.45, 2.75) is 94.6 Å². The Labute approximate surface area is 176 Å².